The highest BCUT2D eigenvalue weighted by Gasteiger charge is 2.27. The summed E-state index contributed by atoms with van der Waals surface area (Å²) in [6.45, 7) is 1.91. The number of rotatable bonds is 5. The Labute approximate surface area is 103 Å². The smallest absolute Gasteiger partial charge is 0.309 e. The van der Waals surface area contributed by atoms with Crippen LogP contribution in [-0.2, 0) is 4.79 Å². The van der Waals surface area contributed by atoms with Gasteiger partial charge in [-0.3, -0.25) is 4.79 Å². The molecular formula is C12H15BrO3. The van der Waals surface area contributed by atoms with E-state index in [2.05, 4.69) is 15.9 Å². The van der Waals surface area contributed by atoms with Crippen LogP contribution in [0.1, 0.15) is 31.4 Å². The van der Waals surface area contributed by atoms with Crippen LogP contribution in [0.25, 0.3) is 0 Å². The summed E-state index contributed by atoms with van der Waals surface area (Å²) >= 11 is 3.31. The van der Waals surface area contributed by atoms with Crippen molar-refractivity contribution in [2.45, 2.75) is 25.9 Å². The Morgan fingerprint density at radius 2 is 2.06 bits per heavy atom. The zero-order valence-corrected chi connectivity index (χ0v) is 10.6. The quantitative estimate of drug-likeness (QED) is 0.875. The van der Waals surface area contributed by atoms with Crippen LogP contribution in [0.4, 0.5) is 0 Å². The summed E-state index contributed by atoms with van der Waals surface area (Å²) in [6.07, 6.45) is 0.240. The van der Waals surface area contributed by atoms with E-state index in [0.717, 1.165) is 10.9 Å². The maximum absolute atomic E-state index is 11.0. The van der Waals surface area contributed by atoms with E-state index in [9.17, 15) is 9.90 Å². The first-order valence-electron chi connectivity index (χ1n) is 5.23. The fraction of sp³-hybridized carbons (Fsp3) is 0.417. The van der Waals surface area contributed by atoms with Gasteiger partial charge in [0.05, 0.1) is 12.0 Å². The number of carboxylic acid groups (broad SMARTS) is 1. The molecule has 2 unspecified atom stereocenters. The average Bonchev–Trinajstić information content (AvgIpc) is 2.25. The first kappa shape index (κ1) is 13.2. The number of benzene rings is 1. The van der Waals surface area contributed by atoms with Crippen molar-refractivity contribution in [3.05, 3.63) is 34.3 Å². The molecule has 0 bridgehead atoms. The van der Waals surface area contributed by atoms with Crippen LogP contribution in [-0.4, -0.2) is 16.2 Å². The third-order valence-electron chi connectivity index (χ3n) is 2.52. The zero-order valence-electron chi connectivity index (χ0n) is 9.06. The van der Waals surface area contributed by atoms with Crippen LogP contribution in [0.5, 0.6) is 0 Å². The number of aliphatic carboxylic acids is 1. The molecule has 88 valence electrons. The van der Waals surface area contributed by atoms with E-state index < -0.39 is 18.0 Å². The predicted molar refractivity (Wildman–Crippen MR) is 65.1 cm³/mol. The summed E-state index contributed by atoms with van der Waals surface area (Å²) in [5.74, 6) is -1.70. The van der Waals surface area contributed by atoms with Crippen LogP contribution in [0.2, 0.25) is 0 Å². The van der Waals surface area contributed by atoms with E-state index in [1.807, 2.05) is 13.0 Å². The number of halogens is 1. The van der Waals surface area contributed by atoms with Crippen LogP contribution in [0, 0.1) is 5.92 Å². The summed E-state index contributed by atoms with van der Waals surface area (Å²) in [6, 6.07) is 7.15. The van der Waals surface area contributed by atoms with Gasteiger partial charge < -0.3 is 10.2 Å². The van der Waals surface area contributed by atoms with Crippen molar-refractivity contribution < 1.29 is 15.0 Å². The SMILES string of the molecule is CCCC(C(=O)O)C(O)c1ccccc1Br. The van der Waals surface area contributed by atoms with Crippen molar-refractivity contribution in [1.29, 1.82) is 0 Å². The first-order chi connectivity index (χ1) is 7.57. The van der Waals surface area contributed by atoms with E-state index in [1.54, 1.807) is 18.2 Å². The van der Waals surface area contributed by atoms with Gasteiger partial charge >= 0.3 is 5.97 Å². The minimum atomic E-state index is -0.965. The molecule has 0 aliphatic heterocycles. The van der Waals surface area contributed by atoms with Crippen molar-refractivity contribution in [3.63, 3.8) is 0 Å². The van der Waals surface area contributed by atoms with Crippen molar-refractivity contribution in [2.24, 2.45) is 5.92 Å². The molecule has 0 saturated heterocycles. The van der Waals surface area contributed by atoms with Crippen molar-refractivity contribution in [3.8, 4) is 0 Å². The molecule has 0 radical (unpaired) electrons. The number of carbonyl (C=O) groups is 1. The second-order valence-electron chi connectivity index (χ2n) is 3.70. The van der Waals surface area contributed by atoms with E-state index in [4.69, 9.17) is 5.11 Å². The molecule has 16 heavy (non-hydrogen) atoms. The van der Waals surface area contributed by atoms with Gasteiger partial charge in [0.1, 0.15) is 0 Å². The largest absolute Gasteiger partial charge is 0.481 e. The van der Waals surface area contributed by atoms with Crippen LogP contribution >= 0.6 is 15.9 Å². The molecule has 0 fully saturated rings. The van der Waals surface area contributed by atoms with Crippen LogP contribution < -0.4 is 0 Å². The molecule has 0 spiro atoms. The van der Waals surface area contributed by atoms with Crippen LogP contribution in [0.15, 0.2) is 28.7 Å². The molecule has 1 aromatic rings. The number of hydrogen-bond donors (Lipinski definition) is 2. The van der Waals surface area contributed by atoms with Gasteiger partial charge in [-0.2, -0.15) is 0 Å². The number of aliphatic hydroxyl groups excluding tert-OH is 1. The maximum Gasteiger partial charge on any atom is 0.309 e. The molecule has 0 amide bonds. The van der Waals surface area contributed by atoms with Gasteiger partial charge in [-0.15, -0.1) is 0 Å². The number of hydrogen-bond acceptors (Lipinski definition) is 2. The molecule has 0 aromatic heterocycles. The summed E-state index contributed by atoms with van der Waals surface area (Å²) in [7, 11) is 0. The highest BCUT2D eigenvalue weighted by Crippen LogP contribution is 2.30. The van der Waals surface area contributed by atoms with Crippen molar-refractivity contribution in [2.75, 3.05) is 0 Å². The molecule has 0 saturated carbocycles. The summed E-state index contributed by atoms with van der Waals surface area (Å²) < 4.78 is 0.741. The molecule has 3 nitrogen and oxygen atoms in total. The fourth-order valence-electron chi connectivity index (χ4n) is 1.66. The lowest BCUT2D eigenvalue weighted by molar-refractivity contribution is -0.146. The van der Waals surface area contributed by atoms with E-state index >= 15 is 0 Å². The Morgan fingerprint density at radius 1 is 1.44 bits per heavy atom. The number of carboxylic acids is 1. The molecular weight excluding hydrogens is 272 g/mol. The van der Waals surface area contributed by atoms with Gasteiger partial charge in [0, 0.05) is 4.47 Å². The molecule has 1 rings (SSSR count). The predicted octanol–water partition coefficient (Wildman–Crippen LogP) is 2.98. The molecule has 2 atom stereocenters. The second kappa shape index (κ2) is 6.01. The Hall–Kier alpha value is -0.870. The normalized spacial score (nSPS) is 14.4. The number of aliphatic hydroxyl groups is 1. The third-order valence-corrected chi connectivity index (χ3v) is 3.24. The minimum absolute atomic E-state index is 0.470. The van der Waals surface area contributed by atoms with Gasteiger partial charge in [0.2, 0.25) is 0 Å². The Morgan fingerprint density at radius 3 is 2.56 bits per heavy atom. The van der Waals surface area contributed by atoms with Gasteiger partial charge in [-0.05, 0) is 18.1 Å². The minimum Gasteiger partial charge on any atom is -0.481 e. The Bertz CT molecular complexity index is 365. The topological polar surface area (TPSA) is 57.5 Å². The van der Waals surface area contributed by atoms with Gasteiger partial charge in [0.25, 0.3) is 0 Å². The summed E-state index contributed by atoms with van der Waals surface area (Å²) in [5.41, 5.74) is 0.628. The standard InChI is InChI=1S/C12H15BrO3/c1-2-5-9(12(15)16)11(14)8-6-3-4-7-10(8)13/h3-4,6-7,9,11,14H,2,5H2,1H3,(H,15,16). The lowest BCUT2D eigenvalue weighted by Crippen LogP contribution is -2.22. The summed E-state index contributed by atoms with van der Waals surface area (Å²) in [5, 5.41) is 19.1. The molecule has 4 heteroatoms. The lowest BCUT2D eigenvalue weighted by Gasteiger charge is -2.19. The van der Waals surface area contributed by atoms with Gasteiger partial charge in [-0.25, -0.2) is 0 Å². The molecule has 1 aromatic carbocycles. The Kier molecular flexibility index (Phi) is 4.96. The van der Waals surface area contributed by atoms with E-state index in [0.29, 0.717) is 12.0 Å². The van der Waals surface area contributed by atoms with Crippen molar-refractivity contribution >= 4 is 21.9 Å². The first-order valence-corrected chi connectivity index (χ1v) is 6.02. The fourth-order valence-corrected chi connectivity index (χ4v) is 2.18. The molecule has 0 aliphatic rings. The van der Waals surface area contributed by atoms with E-state index in [1.165, 1.54) is 0 Å². The van der Waals surface area contributed by atoms with Crippen molar-refractivity contribution in [1.82, 2.24) is 0 Å². The monoisotopic (exact) mass is 286 g/mol. The third kappa shape index (κ3) is 3.06. The highest BCUT2D eigenvalue weighted by molar-refractivity contribution is 9.10. The Balaban J connectivity index is 2.94. The maximum atomic E-state index is 11.0. The molecule has 2 N–H and O–H groups in total. The molecule has 0 aliphatic carbocycles. The molecule has 0 heterocycles. The van der Waals surface area contributed by atoms with Crippen LogP contribution in [0.3, 0.4) is 0 Å². The van der Waals surface area contributed by atoms with E-state index in [-0.39, 0.29) is 0 Å². The van der Waals surface area contributed by atoms with Gasteiger partial charge in [0.15, 0.2) is 0 Å². The summed E-state index contributed by atoms with van der Waals surface area (Å²) in [4.78, 5) is 11.0. The van der Waals surface area contributed by atoms with Gasteiger partial charge in [-0.1, -0.05) is 47.5 Å². The second-order valence-corrected chi connectivity index (χ2v) is 4.55. The zero-order chi connectivity index (χ0) is 12.1. The highest BCUT2D eigenvalue weighted by atomic mass is 79.9. The average molecular weight is 287 g/mol. The lowest BCUT2D eigenvalue weighted by atomic mass is 9.92.